The van der Waals surface area contributed by atoms with Crippen molar-refractivity contribution in [2.24, 2.45) is 0 Å². The standard InChI is InChI=1S/C10H11N3O3S2/c14-18(15,16)17-6-5-11-10-9-4-2-1-3-8(9)7-12-13-10/h1-4,7H,5-6H2,(H,11,13)(H,14,15,16). The number of nitrogens with zero attached hydrogens (tertiary/aromatic N) is 2. The van der Waals surface area contributed by atoms with E-state index >= 15 is 0 Å². The van der Waals surface area contributed by atoms with E-state index in [4.69, 9.17) is 4.55 Å². The van der Waals surface area contributed by atoms with Crippen LogP contribution in [0.2, 0.25) is 0 Å². The van der Waals surface area contributed by atoms with E-state index in [-0.39, 0.29) is 5.75 Å². The highest BCUT2D eigenvalue weighted by atomic mass is 33.1. The van der Waals surface area contributed by atoms with Gasteiger partial charge in [0, 0.05) is 23.1 Å². The van der Waals surface area contributed by atoms with Crippen LogP contribution in [-0.2, 0) is 9.15 Å². The highest BCUT2D eigenvalue weighted by Gasteiger charge is 2.06. The lowest BCUT2D eigenvalue weighted by Gasteiger charge is -2.06. The molecule has 0 fully saturated rings. The Bertz CT molecular complexity index is 640. The molecule has 0 spiro atoms. The third-order valence-corrected chi connectivity index (χ3v) is 4.26. The van der Waals surface area contributed by atoms with Crippen LogP contribution < -0.4 is 5.32 Å². The molecule has 0 aliphatic rings. The number of fused-ring (bicyclic) bond motifs is 1. The van der Waals surface area contributed by atoms with Crippen LogP contribution in [0.25, 0.3) is 10.8 Å². The van der Waals surface area contributed by atoms with Crippen LogP contribution in [0.15, 0.2) is 30.5 Å². The number of hydrogen-bond donors (Lipinski definition) is 2. The Morgan fingerprint density at radius 3 is 2.89 bits per heavy atom. The van der Waals surface area contributed by atoms with Crippen LogP contribution in [0.4, 0.5) is 5.82 Å². The largest absolute Gasteiger partial charge is 0.367 e. The first-order chi connectivity index (χ1) is 8.56. The zero-order chi connectivity index (χ0) is 13.0. The number of hydrogen-bond acceptors (Lipinski definition) is 6. The summed E-state index contributed by atoms with van der Waals surface area (Å²) in [6, 6.07) is 7.62. The predicted molar refractivity (Wildman–Crippen MR) is 72.0 cm³/mol. The van der Waals surface area contributed by atoms with Gasteiger partial charge in [-0.15, -0.1) is 5.10 Å². The van der Waals surface area contributed by atoms with Gasteiger partial charge in [0.25, 0.3) is 0 Å². The Hall–Kier alpha value is -1.38. The van der Waals surface area contributed by atoms with Gasteiger partial charge in [0.1, 0.15) is 0 Å². The van der Waals surface area contributed by atoms with Gasteiger partial charge in [0.05, 0.1) is 6.20 Å². The normalized spacial score (nSPS) is 11.6. The van der Waals surface area contributed by atoms with Gasteiger partial charge in [-0.05, 0) is 10.8 Å². The van der Waals surface area contributed by atoms with Crippen LogP contribution in [0, 0.1) is 0 Å². The van der Waals surface area contributed by atoms with Gasteiger partial charge in [-0.1, -0.05) is 24.3 Å². The topological polar surface area (TPSA) is 92.2 Å². The van der Waals surface area contributed by atoms with Crippen molar-refractivity contribution in [3.8, 4) is 0 Å². The van der Waals surface area contributed by atoms with E-state index in [0.29, 0.717) is 23.2 Å². The zero-order valence-electron chi connectivity index (χ0n) is 9.28. The highest BCUT2D eigenvalue weighted by Crippen LogP contribution is 2.19. The molecule has 2 rings (SSSR count). The second-order valence-electron chi connectivity index (χ2n) is 3.46. The van der Waals surface area contributed by atoms with E-state index in [1.165, 1.54) is 0 Å². The van der Waals surface area contributed by atoms with Gasteiger partial charge in [0.2, 0.25) is 0 Å². The molecule has 0 bridgehead atoms. The fourth-order valence-electron chi connectivity index (χ4n) is 1.47. The summed E-state index contributed by atoms with van der Waals surface area (Å²) in [4.78, 5) is 0. The summed E-state index contributed by atoms with van der Waals surface area (Å²) in [7, 11) is -3.51. The lowest BCUT2D eigenvalue weighted by molar-refractivity contribution is 0.503. The van der Waals surface area contributed by atoms with Gasteiger partial charge in [-0.25, -0.2) is 0 Å². The van der Waals surface area contributed by atoms with Crippen molar-refractivity contribution < 1.29 is 13.0 Å². The third-order valence-electron chi connectivity index (χ3n) is 2.20. The molecular weight excluding hydrogens is 274 g/mol. The van der Waals surface area contributed by atoms with Crippen molar-refractivity contribution in [3.05, 3.63) is 30.5 Å². The SMILES string of the molecule is O=S(=O)(O)SCCNc1nncc2ccccc12. The molecule has 0 unspecified atom stereocenters. The van der Waals surface area contributed by atoms with Gasteiger partial charge >= 0.3 is 9.15 Å². The summed E-state index contributed by atoms with van der Waals surface area (Å²) in [6.07, 6.45) is 1.66. The number of nitrogens with one attached hydrogen (secondary N) is 1. The number of aromatic nitrogens is 2. The van der Waals surface area contributed by atoms with E-state index in [0.717, 1.165) is 10.8 Å². The van der Waals surface area contributed by atoms with E-state index < -0.39 is 9.15 Å². The Balaban J connectivity index is 2.04. The smallest absolute Gasteiger partial charge is 0.319 e. The highest BCUT2D eigenvalue weighted by molar-refractivity contribution is 8.69. The van der Waals surface area contributed by atoms with E-state index in [1.54, 1.807) is 6.20 Å². The minimum absolute atomic E-state index is 0.226. The molecule has 96 valence electrons. The molecule has 0 radical (unpaired) electrons. The molecule has 0 aliphatic carbocycles. The Morgan fingerprint density at radius 1 is 1.33 bits per heavy atom. The Labute approximate surface area is 108 Å². The van der Waals surface area contributed by atoms with E-state index in [9.17, 15) is 8.42 Å². The Kier molecular flexibility index (Phi) is 4.00. The molecule has 2 N–H and O–H groups in total. The summed E-state index contributed by atoms with van der Waals surface area (Å²) >= 11 is 0. The molecule has 2 aromatic rings. The predicted octanol–water partition coefficient (Wildman–Crippen LogP) is 1.58. The molecule has 1 aromatic heterocycles. The molecule has 18 heavy (non-hydrogen) atoms. The molecule has 6 nitrogen and oxygen atoms in total. The van der Waals surface area contributed by atoms with Gasteiger partial charge in [-0.3, -0.25) is 4.55 Å². The number of benzene rings is 1. The molecule has 0 saturated carbocycles. The summed E-state index contributed by atoms with van der Waals surface area (Å²) < 4.78 is 29.6. The van der Waals surface area contributed by atoms with Crippen molar-refractivity contribution in [1.29, 1.82) is 0 Å². The van der Waals surface area contributed by atoms with Gasteiger partial charge in [-0.2, -0.15) is 13.5 Å². The number of rotatable bonds is 5. The van der Waals surface area contributed by atoms with Crippen molar-refractivity contribution in [3.63, 3.8) is 0 Å². The molecule has 0 amide bonds. The van der Waals surface area contributed by atoms with Crippen molar-refractivity contribution in [2.45, 2.75) is 0 Å². The van der Waals surface area contributed by atoms with Crippen molar-refractivity contribution >= 4 is 36.5 Å². The second kappa shape index (κ2) is 5.51. The molecule has 0 aliphatic heterocycles. The maximum absolute atomic E-state index is 10.5. The lowest BCUT2D eigenvalue weighted by atomic mass is 10.2. The van der Waals surface area contributed by atoms with Crippen LogP contribution in [-0.4, -0.2) is 35.5 Å². The van der Waals surface area contributed by atoms with Crippen LogP contribution in [0.1, 0.15) is 0 Å². The minimum atomic E-state index is -3.98. The summed E-state index contributed by atoms with van der Waals surface area (Å²) in [6.45, 7) is 0.368. The second-order valence-corrected chi connectivity index (χ2v) is 6.93. The Morgan fingerprint density at radius 2 is 2.11 bits per heavy atom. The van der Waals surface area contributed by atoms with Crippen LogP contribution >= 0.6 is 10.8 Å². The molecule has 0 atom stereocenters. The average molecular weight is 285 g/mol. The average Bonchev–Trinajstić information content (AvgIpc) is 2.33. The molecular formula is C10H11N3O3S2. The van der Waals surface area contributed by atoms with Gasteiger partial charge < -0.3 is 5.32 Å². The van der Waals surface area contributed by atoms with Crippen LogP contribution in [0.5, 0.6) is 0 Å². The maximum Gasteiger partial charge on any atom is 0.319 e. The summed E-state index contributed by atoms with van der Waals surface area (Å²) in [5, 5.41) is 12.7. The van der Waals surface area contributed by atoms with E-state index in [1.807, 2.05) is 24.3 Å². The molecule has 1 aromatic carbocycles. The first kappa shape index (κ1) is 13.1. The molecule has 8 heteroatoms. The summed E-state index contributed by atoms with van der Waals surface area (Å²) in [5.41, 5.74) is 0. The summed E-state index contributed by atoms with van der Waals surface area (Å²) in [5.74, 6) is 0.827. The number of anilines is 1. The van der Waals surface area contributed by atoms with Crippen molar-refractivity contribution in [2.75, 3.05) is 17.6 Å². The lowest BCUT2D eigenvalue weighted by Crippen LogP contribution is -2.08. The monoisotopic (exact) mass is 285 g/mol. The van der Waals surface area contributed by atoms with E-state index in [2.05, 4.69) is 15.5 Å². The fourth-order valence-corrected chi connectivity index (χ4v) is 2.75. The molecule has 0 saturated heterocycles. The third kappa shape index (κ3) is 3.56. The van der Waals surface area contributed by atoms with Gasteiger partial charge in [0.15, 0.2) is 5.82 Å². The van der Waals surface area contributed by atoms with Crippen LogP contribution in [0.3, 0.4) is 0 Å². The van der Waals surface area contributed by atoms with Crippen molar-refractivity contribution in [1.82, 2.24) is 10.2 Å². The molecule has 1 heterocycles. The minimum Gasteiger partial charge on any atom is -0.367 e. The maximum atomic E-state index is 10.5. The first-order valence-corrected chi connectivity index (χ1v) is 8.07. The quantitative estimate of drug-likeness (QED) is 0.489. The first-order valence-electron chi connectivity index (χ1n) is 5.12. The fraction of sp³-hybridized carbons (Fsp3) is 0.200. The zero-order valence-corrected chi connectivity index (χ0v) is 10.9.